The van der Waals surface area contributed by atoms with Crippen LogP contribution in [0.25, 0.3) is 17.2 Å². The van der Waals surface area contributed by atoms with Gasteiger partial charge in [0.25, 0.3) is 5.95 Å². The maximum absolute atomic E-state index is 13.3. The van der Waals surface area contributed by atoms with Crippen LogP contribution in [-0.4, -0.2) is 38.0 Å². The number of amides is 1. The standard InChI is InChI=1S/C23H19FN6O2/c1-13-21-17(16-5-3-4-6-19(16)32-2)11-20(31)27-22(21)30(29-13)23-26-18(12-25-28-23)14-7-9-15(24)10-8-14/h3-10,12,17H,11H2,1-2H3,(H,27,31)/t17-/m1/s1. The summed E-state index contributed by atoms with van der Waals surface area (Å²) in [6, 6.07) is 13.6. The molecule has 9 heteroatoms. The monoisotopic (exact) mass is 430 g/mol. The van der Waals surface area contributed by atoms with E-state index < -0.39 is 0 Å². The molecule has 32 heavy (non-hydrogen) atoms. The Bertz CT molecular complexity index is 1320. The number of hydrogen-bond donors (Lipinski definition) is 1. The Morgan fingerprint density at radius 2 is 1.94 bits per heavy atom. The van der Waals surface area contributed by atoms with Crippen molar-refractivity contribution in [1.82, 2.24) is 25.0 Å². The maximum atomic E-state index is 13.3. The third kappa shape index (κ3) is 3.37. The minimum absolute atomic E-state index is 0.141. The molecule has 1 aliphatic heterocycles. The quantitative estimate of drug-likeness (QED) is 0.531. The fourth-order valence-corrected chi connectivity index (χ4v) is 4.06. The van der Waals surface area contributed by atoms with Crippen LogP contribution < -0.4 is 10.1 Å². The molecule has 0 spiro atoms. The molecule has 0 unspecified atom stereocenters. The molecule has 8 nitrogen and oxygen atoms in total. The van der Waals surface area contributed by atoms with Crippen molar-refractivity contribution in [2.75, 3.05) is 12.4 Å². The van der Waals surface area contributed by atoms with Crippen LogP contribution in [0.4, 0.5) is 10.2 Å². The number of carbonyl (C=O) groups excluding carboxylic acids is 1. The minimum Gasteiger partial charge on any atom is -0.496 e. The predicted octanol–water partition coefficient (Wildman–Crippen LogP) is 3.65. The molecule has 160 valence electrons. The van der Waals surface area contributed by atoms with Gasteiger partial charge in [0.2, 0.25) is 5.91 Å². The molecule has 1 N–H and O–H groups in total. The van der Waals surface area contributed by atoms with Gasteiger partial charge in [0, 0.05) is 29.0 Å². The highest BCUT2D eigenvalue weighted by molar-refractivity contribution is 5.95. The average Bonchev–Trinajstić information content (AvgIpc) is 3.15. The average molecular weight is 430 g/mol. The zero-order chi connectivity index (χ0) is 22.2. The van der Waals surface area contributed by atoms with Crippen molar-refractivity contribution < 1.29 is 13.9 Å². The number of rotatable bonds is 4. The van der Waals surface area contributed by atoms with Crippen molar-refractivity contribution in [3.05, 3.63) is 77.4 Å². The zero-order valence-corrected chi connectivity index (χ0v) is 17.4. The van der Waals surface area contributed by atoms with Crippen molar-refractivity contribution in [3.63, 3.8) is 0 Å². The molecule has 0 aliphatic carbocycles. The summed E-state index contributed by atoms with van der Waals surface area (Å²) in [6.07, 6.45) is 1.77. The van der Waals surface area contributed by atoms with Crippen LogP contribution in [0.3, 0.4) is 0 Å². The van der Waals surface area contributed by atoms with Gasteiger partial charge in [0.05, 0.1) is 24.7 Å². The van der Waals surface area contributed by atoms with E-state index in [4.69, 9.17) is 4.74 Å². The molecule has 0 radical (unpaired) electrons. The molecule has 4 aromatic rings. The number of methoxy groups -OCH3 is 1. The molecule has 0 fully saturated rings. The first-order valence-electron chi connectivity index (χ1n) is 10.0. The van der Waals surface area contributed by atoms with Crippen molar-refractivity contribution in [3.8, 4) is 23.0 Å². The van der Waals surface area contributed by atoms with E-state index in [2.05, 4.69) is 25.6 Å². The molecule has 2 aromatic carbocycles. The Kier molecular flexibility index (Phi) is 4.85. The SMILES string of the molecule is COc1ccccc1[C@H]1CC(=O)Nc2c1c(C)nn2-c1nncc(-c2ccc(F)cc2)n1. The summed E-state index contributed by atoms with van der Waals surface area (Å²) >= 11 is 0. The lowest BCUT2D eigenvalue weighted by Gasteiger charge is -2.25. The van der Waals surface area contributed by atoms with Crippen LogP contribution in [0.15, 0.2) is 54.7 Å². The number of benzene rings is 2. The van der Waals surface area contributed by atoms with Crippen LogP contribution in [0.1, 0.15) is 29.2 Å². The first kappa shape index (κ1) is 19.8. The van der Waals surface area contributed by atoms with Gasteiger partial charge < -0.3 is 10.1 Å². The normalized spacial score (nSPS) is 15.2. The summed E-state index contributed by atoms with van der Waals surface area (Å²) in [4.78, 5) is 17.2. The Labute approximate surface area is 183 Å². The lowest BCUT2D eigenvalue weighted by Crippen LogP contribution is -2.25. The number of aryl methyl sites for hydroxylation is 1. The molecule has 2 aromatic heterocycles. The van der Waals surface area contributed by atoms with Crippen molar-refractivity contribution >= 4 is 11.7 Å². The van der Waals surface area contributed by atoms with Crippen LogP contribution in [-0.2, 0) is 4.79 Å². The van der Waals surface area contributed by atoms with E-state index in [0.717, 1.165) is 16.8 Å². The molecule has 1 atom stereocenters. The van der Waals surface area contributed by atoms with E-state index >= 15 is 0 Å². The van der Waals surface area contributed by atoms with Crippen LogP contribution >= 0.6 is 0 Å². The van der Waals surface area contributed by atoms with E-state index in [0.29, 0.717) is 22.8 Å². The molecule has 5 rings (SSSR count). The summed E-state index contributed by atoms with van der Waals surface area (Å²) in [5, 5.41) is 15.7. The number of nitrogens with zero attached hydrogens (tertiary/aromatic N) is 5. The topological polar surface area (TPSA) is 94.8 Å². The number of nitrogens with one attached hydrogen (secondary N) is 1. The first-order valence-corrected chi connectivity index (χ1v) is 10.0. The summed E-state index contributed by atoms with van der Waals surface area (Å²) in [7, 11) is 1.61. The largest absolute Gasteiger partial charge is 0.496 e. The summed E-state index contributed by atoms with van der Waals surface area (Å²) in [5.41, 5.74) is 3.74. The van der Waals surface area contributed by atoms with Crippen molar-refractivity contribution in [2.45, 2.75) is 19.3 Å². The first-order chi connectivity index (χ1) is 15.5. The predicted molar refractivity (Wildman–Crippen MR) is 115 cm³/mol. The molecule has 0 saturated carbocycles. The number of halogens is 1. The van der Waals surface area contributed by atoms with Gasteiger partial charge in [0.15, 0.2) is 0 Å². The van der Waals surface area contributed by atoms with E-state index in [1.165, 1.54) is 23.0 Å². The van der Waals surface area contributed by atoms with E-state index in [1.807, 2.05) is 31.2 Å². The van der Waals surface area contributed by atoms with Crippen LogP contribution in [0.2, 0.25) is 0 Å². The van der Waals surface area contributed by atoms with E-state index in [1.54, 1.807) is 19.2 Å². The molecule has 0 saturated heterocycles. The highest BCUT2D eigenvalue weighted by Crippen LogP contribution is 2.42. The molecule has 0 bridgehead atoms. The summed E-state index contributed by atoms with van der Waals surface area (Å²) < 4.78 is 20.3. The minimum atomic E-state index is -0.335. The van der Waals surface area contributed by atoms with Crippen LogP contribution in [0, 0.1) is 12.7 Å². The van der Waals surface area contributed by atoms with Gasteiger partial charge in [0.1, 0.15) is 17.4 Å². The Morgan fingerprint density at radius 1 is 1.16 bits per heavy atom. The third-order valence-electron chi connectivity index (χ3n) is 5.49. The zero-order valence-electron chi connectivity index (χ0n) is 17.4. The molecular formula is C23H19FN6O2. The maximum Gasteiger partial charge on any atom is 0.272 e. The van der Waals surface area contributed by atoms with Crippen LogP contribution in [0.5, 0.6) is 5.75 Å². The lowest BCUT2D eigenvalue weighted by molar-refractivity contribution is -0.116. The highest BCUT2D eigenvalue weighted by atomic mass is 19.1. The van der Waals surface area contributed by atoms with Gasteiger partial charge in [-0.25, -0.2) is 9.37 Å². The van der Waals surface area contributed by atoms with Gasteiger partial charge in [-0.2, -0.15) is 14.9 Å². The number of para-hydroxylation sites is 1. The second-order valence-corrected chi connectivity index (χ2v) is 7.45. The fraction of sp³-hybridized carbons (Fsp3) is 0.174. The number of carbonyl (C=O) groups is 1. The molecular weight excluding hydrogens is 411 g/mol. The number of fused-ring (bicyclic) bond motifs is 1. The Balaban J connectivity index is 1.62. The molecule has 1 amide bonds. The third-order valence-corrected chi connectivity index (χ3v) is 5.49. The number of aromatic nitrogens is 5. The van der Waals surface area contributed by atoms with Gasteiger partial charge in [-0.05, 0) is 37.3 Å². The summed E-state index contributed by atoms with van der Waals surface area (Å²) in [6.45, 7) is 1.88. The number of ether oxygens (including phenoxy) is 1. The Morgan fingerprint density at radius 3 is 2.72 bits per heavy atom. The summed E-state index contributed by atoms with van der Waals surface area (Å²) in [5.74, 6) is 0.721. The highest BCUT2D eigenvalue weighted by Gasteiger charge is 2.34. The van der Waals surface area contributed by atoms with E-state index in [9.17, 15) is 9.18 Å². The van der Waals surface area contributed by atoms with Gasteiger partial charge in [-0.15, -0.1) is 5.10 Å². The number of anilines is 1. The fourth-order valence-electron chi connectivity index (χ4n) is 4.06. The smallest absolute Gasteiger partial charge is 0.272 e. The second-order valence-electron chi connectivity index (χ2n) is 7.45. The van der Waals surface area contributed by atoms with Gasteiger partial charge in [-0.1, -0.05) is 18.2 Å². The Hall–Kier alpha value is -4.14. The number of hydrogen-bond acceptors (Lipinski definition) is 6. The molecule has 1 aliphatic rings. The van der Waals surface area contributed by atoms with Crippen molar-refractivity contribution in [2.24, 2.45) is 0 Å². The van der Waals surface area contributed by atoms with E-state index in [-0.39, 0.29) is 30.0 Å². The van der Waals surface area contributed by atoms with Gasteiger partial charge in [-0.3, -0.25) is 4.79 Å². The molecule has 3 heterocycles. The van der Waals surface area contributed by atoms with Gasteiger partial charge >= 0.3 is 0 Å². The second kappa shape index (κ2) is 7.84. The van der Waals surface area contributed by atoms with Crippen molar-refractivity contribution in [1.29, 1.82) is 0 Å². The lowest BCUT2D eigenvalue weighted by atomic mass is 9.85.